The van der Waals surface area contributed by atoms with E-state index in [1.807, 2.05) is 0 Å². The van der Waals surface area contributed by atoms with E-state index in [4.69, 9.17) is 0 Å². The Bertz CT molecular complexity index is 643. The van der Waals surface area contributed by atoms with E-state index in [0.717, 1.165) is 11.5 Å². The van der Waals surface area contributed by atoms with Crippen molar-refractivity contribution in [1.82, 2.24) is 4.37 Å². The highest BCUT2D eigenvalue weighted by Crippen LogP contribution is 2.18. The lowest BCUT2D eigenvalue weighted by atomic mass is 10.1. The van der Waals surface area contributed by atoms with Gasteiger partial charge in [-0.15, -0.1) is 0 Å². The standard InChI is InChI=1S/C12H11NO3S2/c1-2-18(16)12-9(11(15)13-17-12)10(14)8-6-4-3-5-7-8/h3-7H,2H2,1H3,(H,13,15). The van der Waals surface area contributed by atoms with Crippen molar-refractivity contribution in [3.05, 3.63) is 51.8 Å². The van der Waals surface area contributed by atoms with Crippen LogP contribution in [0.4, 0.5) is 0 Å². The maximum atomic E-state index is 12.2. The van der Waals surface area contributed by atoms with Crippen LogP contribution in [0.1, 0.15) is 22.8 Å². The Morgan fingerprint density at radius 1 is 1.33 bits per heavy atom. The number of H-pyrrole nitrogens is 1. The number of nitrogens with one attached hydrogen (secondary N) is 1. The van der Waals surface area contributed by atoms with E-state index in [-0.39, 0.29) is 11.3 Å². The topological polar surface area (TPSA) is 67.0 Å². The zero-order chi connectivity index (χ0) is 13.1. The number of carbonyl (C=O) groups is 1. The Morgan fingerprint density at radius 2 is 2.00 bits per heavy atom. The number of carbonyl (C=O) groups excluding carboxylic acids is 1. The van der Waals surface area contributed by atoms with Crippen LogP contribution < -0.4 is 5.56 Å². The molecule has 0 aliphatic carbocycles. The van der Waals surface area contributed by atoms with Gasteiger partial charge in [-0.3, -0.25) is 18.2 Å². The van der Waals surface area contributed by atoms with Gasteiger partial charge in [0.25, 0.3) is 5.56 Å². The van der Waals surface area contributed by atoms with Crippen LogP contribution in [0.15, 0.2) is 39.3 Å². The van der Waals surface area contributed by atoms with Gasteiger partial charge in [-0.2, -0.15) is 0 Å². The molecule has 0 radical (unpaired) electrons. The van der Waals surface area contributed by atoms with E-state index in [1.54, 1.807) is 37.3 Å². The Kier molecular flexibility index (Phi) is 3.88. The Balaban J connectivity index is 2.52. The summed E-state index contributed by atoms with van der Waals surface area (Å²) < 4.78 is 14.6. The van der Waals surface area contributed by atoms with Crippen LogP contribution in [0.5, 0.6) is 0 Å². The van der Waals surface area contributed by atoms with Crippen molar-refractivity contribution < 1.29 is 9.00 Å². The van der Waals surface area contributed by atoms with E-state index < -0.39 is 16.4 Å². The fraction of sp³-hybridized carbons (Fsp3) is 0.167. The Morgan fingerprint density at radius 3 is 2.61 bits per heavy atom. The third-order valence-corrected chi connectivity index (χ3v) is 5.03. The molecule has 18 heavy (non-hydrogen) atoms. The molecule has 0 fully saturated rings. The molecule has 4 nitrogen and oxygen atoms in total. The minimum Gasteiger partial charge on any atom is -0.288 e. The molecule has 1 unspecified atom stereocenters. The fourth-order valence-corrected chi connectivity index (χ4v) is 3.61. The largest absolute Gasteiger partial charge is 0.288 e. The highest BCUT2D eigenvalue weighted by atomic mass is 32.2. The number of hydrogen-bond donors (Lipinski definition) is 1. The second-order valence-corrected chi connectivity index (χ2v) is 6.28. The lowest BCUT2D eigenvalue weighted by Crippen LogP contribution is -2.15. The van der Waals surface area contributed by atoms with Crippen molar-refractivity contribution >= 4 is 28.1 Å². The molecule has 1 aromatic carbocycles. The normalized spacial score (nSPS) is 12.3. The highest BCUT2D eigenvalue weighted by Gasteiger charge is 2.22. The molecule has 0 bridgehead atoms. The predicted molar refractivity (Wildman–Crippen MR) is 71.8 cm³/mol. The number of aromatic amines is 1. The second kappa shape index (κ2) is 5.41. The molecule has 0 saturated heterocycles. The zero-order valence-electron chi connectivity index (χ0n) is 9.64. The van der Waals surface area contributed by atoms with Crippen molar-refractivity contribution in [2.75, 3.05) is 5.75 Å². The SMILES string of the molecule is CCS(=O)c1s[nH]c(=O)c1C(=O)c1ccccc1. The average molecular weight is 281 g/mol. The van der Waals surface area contributed by atoms with E-state index in [1.165, 1.54) is 0 Å². The number of aromatic nitrogens is 1. The molecule has 1 N–H and O–H groups in total. The molecule has 0 amide bonds. The molecular formula is C12H11NO3S2. The second-order valence-electron chi connectivity index (χ2n) is 3.53. The number of ketones is 1. The molecule has 0 aliphatic heterocycles. The first-order valence-corrected chi connectivity index (χ1v) is 7.48. The van der Waals surface area contributed by atoms with Crippen molar-refractivity contribution in [3.63, 3.8) is 0 Å². The van der Waals surface area contributed by atoms with Crippen molar-refractivity contribution in [3.8, 4) is 0 Å². The summed E-state index contributed by atoms with van der Waals surface area (Å²) in [7, 11) is -1.31. The lowest BCUT2D eigenvalue weighted by molar-refractivity contribution is 0.103. The molecule has 6 heteroatoms. The zero-order valence-corrected chi connectivity index (χ0v) is 11.3. The van der Waals surface area contributed by atoms with Crippen LogP contribution in [-0.4, -0.2) is 20.1 Å². The van der Waals surface area contributed by atoms with Crippen LogP contribution in [-0.2, 0) is 10.8 Å². The van der Waals surface area contributed by atoms with Crippen LogP contribution in [0.3, 0.4) is 0 Å². The van der Waals surface area contributed by atoms with Crippen molar-refractivity contribution in [2.45, 2.75) is 11.1 Å². The first-order valence-electron chi connectivity index (χ1n) is 5.34. The van der Waals surface area contributed by atoms with Gasteiger partial charge in [-0.25, -0.2) is 0 Å². The van der Waals surface area contributed by atoms with E-state index in [9.17, 15) is 13.8 Å². The quantitative estimate of drug-likeness (QED) is 0.869. The molecule has 1 atom stereocenters. The van der Waals surface area contributed by atoms with E-state index >= 15 is 0 Å². The van der Waals surface area contributed by atoms with Gasteiger partial charge >= 0.3 is 0 Å². The molecule has 0 spiro atoms. The smallest absolute Gasteiger partial charge is 0.270 e. The number of benzene rings is 1. The van der Waals surface area contributed by atoms with Crippen LogP contribution in [0.25, 0.3) is 0 Å². The van der Waals surface area contributed by atoms with Gasteiger partial charge in [0.1, 0.15) is 9.77 Å². The van der Waals surface area contributed by atoms with E-state index in [2.05, 4.69) is 4.37 Å². The highest BCUT2D eigenvalue weighted by molar-refractivity contribution is 7.87. The Hall–Kier alpha value is -1.53. The van der Waals surface area contributed by atoms with Gasteiger partial charge in [-0.1, -0.05) is 37.3 Å². The summed E-state index contributed by atoms with van der Waals surface area (Å²) in [4.78, 5) is 23.9. The fourth-order valence-electron chi connectivity index (χ4n) is 1.51. The molecule has 0 aliphatic rings. The van der Waals surface area contributed by atoms with Crippen molar-refractivity contribution in [1.29, 1.82) is 0 Å². The van der Waals surface area contributed by atoms with E-state index in [0.29, 0.717) is 15.5 Å². The molecule has 94 valence electrons. The Labute approximate surface area is 110 Å². The van der Waals surface area contributed by atoms with Gasteiger partial charge in [-0.05, 0) is 11.5 Å². The molecule has 0 saturated carbocycles. The summed E-state index contributed by atoms with van der Waals surface area (Å²) in [6.07, 6.45) is 0. The minimum atomic E-state index is -1.31. The maximum Gasteiger partial charge on any atom is 0.270 e. The van der Waals surface area contributed by atoms with Gasteiger partial charge < -0.3 is 0 Å². The molecule has 1 aromatic heterocycles. The predicted octanol–water partition coefficient (Wildman–Crippen LogP) is 1.79. The molecule has 2 rings (SSSR count). The summed E-state index contributed by atoms with van der Waals surface area (Å²) in [5.74, 6) is -0.00188. The first-order chi connectivity index (χ1) is 8.65. The summed E-state index contributed by atoms with van der Waals surface area (Å²) in [6, 6.07) is 8.52. The molecule has 1 heterocycles. The lowest BCUT2D eigenvalue weighted by Gasteiger charge is -2.00. The number of hydrogen-bond acceptors (Lipinski definition) is 4. The minimum absolute atomic E-state index is 0.00591. The third-order valence-electron chi connectivity index (χ3n) is 2.40. The van der Waals surface area contributed by atoms with Crippen molar-refractivity contribution in [2.24, 2.45) is 0 Å². The summed E-state index contributed by atoms with van der Waals surface area (Å²) in [5.41, 5.74) is -0.0345. The summed E-state index contributed by atoms with van der Waals surface area (Å²) >= 11 is 0.973. The summed E-state index contributed by atoms with van der Waals surface area (Å²) in [6.45, 7) is 1.75. The van der Waals surface area contributed by atoms with Gasteiger partial charge in [0, 0.05) is 11.3 Å². The monoisotopic (exact) mass is 281 g/mol. The number of rotatable bonds is 4. The van der Waals surface area contributed by atoms with Crippen LogP contribution in [0.2, 0.25) is 0 Å². The third kappa shape index (κ3) is 2.34. The van der Waals surface area contributed by atoms with Gasteiger partial charge in [0.2, 0.25) is 5.78 Å². The maximum absolute atomic E-state index is 12.2. The van der Waals surface area contributed by atoms with Crippen LogP contribution in [0, 0.1) is 0 Å². The average Bonchev–Trinajstić information content (AvgIpc) is 2.80. The van der Waals surface area contributed by atoms with Gasteiger partial charge in [0.15, 0.2) is 0 Å². The molecular weight excluding hydrogens is 270 g/mol. The first kappa shape index (κ1) is 12.9. The summed E-state index contributed by atoms with van der Waals surface area (Å²) in [5, 5.41) is 0. The van der Waals surface area contributed by atoms with Crippen LogP contribution >= 0.6 is 11.5 Å². The molecule has 2 aromatic rings. The van der Waals surface area contributed by atoms with Gasteiger partial charge in [0.05, 0.1) is 10.8 Å².